The van der Waals surface area contributed by atoms with E-state index < -0.39 is 0 Å². The summed E-state index contributed by atoms with van der Waals surface area (Å²) < 4.78 is 12.5. The summed E-state index contributed by atoms with van der Waals surface area (Å²) in [5.41, 5.74) is 1.24. The minimum absolute atomic E-state index is 0.164. The van der Waals surface area contributed by atoms with Gasteiger partial charge in [0.2, 0.25) is 0 Å². The molecule has 1 heteroatoms. The first kappa shape index (κ1) is 7.33. The maximum absolute atomic E-state index is 12.5. The lowest BCUT2D eigenvalue weighted by atomic mass is 9.73. The highest BCUT2D eigenvalue weighted by Crippen LogP contribution is 2.58. The van der Waals surface area contributed by atoms with Gasteiger partial charge in [0.25, 0.3) is 0 Å². The number of halogens is 1. The summed E-state index contributed by atoms with van der Waals surface area (Å²) in [5, 5.41) is 0. The molecule has 0 aliphatic heterocycles. The molecule has 2 rings (SSSR count). The molecule has 0 N–H and O–H groups in total. The topological polar surface area (TPSA) is 0 Å². The van der Waals surface area contributed by atoms with Crippen molar-refractivity contribution in [3.05, 3.63) is 11.9 Å². The molecule has 0 spiro atoms. The Morgan fingerprint density at radius 3 is 2.55 bits per heavy atom. The summed E-state index contributed by atoms with van der Waals surface area (Å²) in [6.45, 7) is 4.37. The van der Waals surface area contributed by atoms with E-state index in [0.29, 0.717) is 5.92 Å². The SMILES string of the molecule is CC1(C)/C(=C/F)C2CCC1C2. The first-order valence-electron chi connectivity index (χ1n) is 4.47. The van der Waals surface area contributed by atoms with Crippen LogP contribution in [0, 0.1) is 17.3 Å². The third-order valence-corrected chi connectivity index (χ3v) is 3.75. The van der Waals surface area contributed by atoms with E-state index in [-0.39, 0.29) is 5.41 Å². The Labute approximate surface area is 67.5 Å². The van der Waals surface area contributed by atoms with Crippen LogP contribution in [0.25, 0.3) is 0 Å². The van der Waals surface area contributed by atoms with Crippen LogP contribution in [0.4, 0.5) is 4.39 Å². The van der Waals surface area contributed by atoms with E-state index in [1.165, 1.54) is 19.3 Å². The lowest BCUT2D eigenvalue weighted by Crippen LogP contribution is -2.22. The number of rotatable bonds is 0. The minimum atomic E-state index is 0.164. The van der Waals surface area contributed by atoms with Gasteiger partial charge in [0.1, 0.15) is 0 Å². The van der Waals surface area contributed by atoms with E-state index in [2.05, 4.69) is 13.8 Å². The lowest BCUT2D eigenvalue weighted by molar-refractivity contribution is 0.284. The van der Waals surface area contributed by atoms with Gasteiger partial charge >= 0.3 is 0 Å². The van der Waals surface area contributed by atoms with Gasteiger partial charge in [0.05, 0.1) is 6.33 Å². The van der Waals surface area contributed by atoms with E-state index in [1.54, 1.807) is 0 Å². The molecule has 0 saturated heterocycles. The van der Waals surface area contributed by atoms with E-state index in [0.717, 1.165) is 17.8 Å². The Balaban J connectivity index is 2.36. The molecule has 2 atom stereocenters. The average molecular weight is 154 g/mol. The maximum atomic E-state index is 12.5. The predicted octanol–water partition coefficient (Wildman–Crippen LogP) is 3.30. The first-order valence-corrected chi connectivity index (χ1v) is 4.47. The molecular weight excluding hydrogens is 139 g/mol. The summed E-state index contributed by atoms with van der Waals surface area (Å²) in [6, 6.07) is 0. The van der Waals surface area contributed by atoms with Crippen LogP contribution in [0.3, 0.4) is 0 Å². The number of fused-ring (bicyclic) bond motifs is 2. The maximum Gasteiger partial charge on any atom is 0.0867 e. The third kappa shape index (κ3) is 0.800. The number of hydrogen-bond donors (Lipinski definition) is 0. The van der Waals surface area contributed by atoms with Crippen molar-refractivity contribution in [3.8, 4) is 0 Å². The molecule has 0 heterocycles. The zero-order chi connectivity index (χ0) is 8.06. The van der Waals surface area contributed by atoms with Crippen LogP contribution < -0.4 is 0 Å². The molecule has 0 radical (unpaired) electrons. The number of hydrogen-bond acceptors (Lipinski definition) is 0. The molecule has 0 aromatic rings. The van der Waals surface area contributed by atoms with E-state index in [4.69, 9.17) is 0 Å². The van der Waals surface area contributed by atoms with Crippen LogP contribution in [0.2, 0.25) is 0 Å². The monoisotopic (exact) mass is 154 g/mol. The molecule has 11 heavy (non-hydrogen) atoms. The second-order valence-electron chi connectivity index (χ2n) is 4.49. The Kier molecular flexibility index (Phi) is 1.39. The summed E-state index contributed by atoms with van der Waals surface area (Å²) in [4.78, 5) is 0. The molecule has 2 aliphatic carbocycles. The highest BCUT2D eigenvalue weighted by molar-refractivity contribution is 5.24. The van der Waals surface area contributed by atoms with Crippen LogP contribution in [0.5, 0.6) is 0 Å². The first-order chi connectivity index (χ1) is 5.16. The van der Waals surface area contributed by atoms with Crippen molar-refractivity contribution in [2.24, 2.45) is 17.3 Å². The van der Waals surface area contributed by atoms with Gasteiger partial charge in [-0.15, -0.1) is 0 Å². The molecule has 0 aromatic heterocycles. The van der Waals surface area contributed by atoms with Gasteiger partial charge in [-0.1, -0.05) is 13.8 Å². The fourth-order valence-electron chi connectivity index (χ4n) is 2.91. The molecule has 2 unspecified atom stereocenters. The quantitative estimate of drug-likeness (QED) is 0.502. The Hall–Kier alpha value is -0.330. The van der Waals surface area contributed by atoms with Gasteiger partial charge in [-0.25, -0.2) is 4.39 Å². The van der Waals surface area contributed by atoms with Crippen LogP contribution in [0.15, 0.2) is 11.9 Å². The highest BCUT2D eigenvalue weighted by atomic mass is 19.1. The molecule has 2 aliphatic rings. The van der Waals surface area contributed by atoms with Crippen LogP contribution in [-0.2, 0) is 0 Å². The molecular formula is C10H15F. The van der Waals surface area contributed by atoms with Gasteiger partial charge in [0, 0.05) is 0 Å². The minimum Gasteiger partial charge on any atom is -0.216 e. The predicted molar refractivity (Wildman–Crippen MR) is 43.8 cm³/mol. The standard InChI is InChI=1S/C10H15F/c1-10(2)8-4-3-7(5-8)9(10)6-11/h6-8H,3-5H2,1-2H3/b9-6+. The van der Waals surface area contributed by atoms with Crippen LogP contribution in [-0.4, -0.2) is 0 Å². The van der Waals surface area contributed by atoms with E-state index >= 15 is 0 Å². The summed E-state index contributed by atoms with van der Waals surface area (Å²) in [7, 11) is 0. The summed E-state index contributed by atoms with van der Waals surface area (Å²) in [5.74, 6) is 1.34. The van der Waals surface area contributed by atoms with Crippen molar-refractivity contribution in [1.82, 2.24) is 0 Å². The average Bonchev–Trinajstić information content (AvgIpc) is 2.44. The van der Waals surface area contributed by atoms with Gasteiger partial charge in [-0.3, -0.25) is 0 Å². The van der Waals surface area contributed by atoms with E-state index in [1.807, 2.05) is 0 Å². The van der Waals surface area contributed by atoms with Crippen molar-refractivity contribution < 1.29 is 4.39 Å². The summed E-state index contributed by atoms with van der Waals surface area (Å²) in [6.07, 6.45) is 4.64. The van der Waals surface area contributed by atoms with Crippen LogP contribution >= 0.6 is 0 Å². The second-order valence-corrected chi connectivity index (χ2v) is 4.49. The largest absolute Gasteiger partial charge is 0.216 e. The Morgan fingerprint density at radius 2 is 2.18 bits per heavy atom. The molecule has 0 aromatic carbocycles. The normalized spacial score (nSPS) is 43.7. The van der Waals surface area contributed by atoms with Crippen molar-refractivity contribution >= 4 is 0 Å². The smallest absolute Gasteiger partial charge is 0.0867 e. The van der Waals surface area contributed by atoms with Crippen LogP contribution in [0.1, 0.15) is 33.1 Å². The number of allylic oxidation sites excluding steroid dienone is 1. The molecule has 2 fully saturated rings. The van der Waals surface area contributed by atoms with Gasteiger partial charge in [-0.2, -0.15) is 0 Å². The Bertz CT molecular complexity index is 203. The van der Waals surface area contributed by atoms with Crippen molar-refractivity contribution in [2.45, 2.75) is 33.1 Å². The zero-order valence-electron chi connectivity index (χ0n) is 7.23. The van der Waals surface area contributed by atoms with Crippen molar-refractivity contribution in [3.63, 3.8) is 0 Å². The second kappa shape index (κ2) is 2.09. The van der Waals surface area contributed by atoms with Crippen molar-refractivity contribution in [1.29, 1.82) is 0 Å². The fraction of sp³-hybridized carbons (Fsp3) is 0.800. The van der Waals surface area contributed by atoms with Gasteiger partial charge < -0.3 is 0 Å². The lowest BCUT2D eigenvalue weighted by Gasteiger charge is -2.31. The molecule has 0 nitrogen and oxygen atoms in total. The molecule has 62 valence electrons. The van der Waals surface area contributed by atoms with Crippen molar-refractivity contribution in [2.75, 3.05) is 0 Å². The zero-order valence-corrected chi connectivity index (χ0v) is 7.23. The Morgan fingerprint density at radius 1 is 1.45 bits per heavy atom. The molecule has 2 saturated carbocycles. The third-order valence-electron chi connectivity index (χ3n) is 3.75. The highest BCUT2D eigenvalue weighted by Gasteiger charge is 2.48. The summed E-state index contributed by atoms with van der Waals surface area (Å²) >= 11 is 0. The van der Waals surface area contributed by atoms with Gasteiger partial charge in [0.15, 0.2) is 0 Å². The van der Waals surface area contributed by atoms with Gasteiger partial charge in [-0.05, 0) is 42.1 Å². The molecule has 2 bridgehead atoms. The molecule has 0 amide bonds. The fourth-order valence-corrected chi connectivity index (χ4v) is 2.91. The van der Waals surface area contributed by atoms with E-state index in [9.17, 15) is 4.39 Å².